The molecule has 92 valence electrons. The fourth-order valence-corrected chi connectivity index (χ4v) is 3.00. The van der Waals surface area contributed by atoms with Crippen molar-refractivity contribution in [3.05, 3.63) is 34.9 Å². The Balaban J connectivity index is 1.96. The predicted octanol–water partition coefficient (Wildman–Crippen LogP) is 1.74. The van der Waals surface area contributed by atoms with Crippen LogP contribution < -0.4 is 5.73 Å². The molecule has 0 aliphatic carbocycles. The third-order valence-electron chi connectivity index (χ3n) is 2.73. The number of carbonyl (C=O) groups is 1. The van der Waals surface area contributed by atoms with E-state index >= 15 is 0 Å². The van der Waals surface area contributed by atoms with Gasteiger partial charge in [-0.05, 0) is 24.1 Å². The van der Waals surface area contributed by atoms with Crippen molar-refractivity contribution in [2.45, 2.75) is 12.5 Å². The molecule has 1 aromatic rings. The quantitative estimate of drug-likeness (QED) is 0.910. The highest BCUT2D eigenvalue weighted by Crippen LogP contribution is 2.16. The van der Waals surface area contributed by atoms with Crippen LogP contribution in [0, 0.1) is 0 Å². The molecule has 1 aliphatic heterocycles. The normalized spacial score (nSPS) is 17.2. The van der Waals surface area contributed by atoms with Gasteiger partial charge in [0.2, 0.25) is 5.91 Å². The first-order valence-electron chi connectivity index (χ1n) is 5.53. The number of thioether (sulfide) groups is 1. The highest BCUT2D eigenvalue weighted by atomic mass is 35.5. The molecular weight excluding hydrogens is 256 g/mol. The molecule has 1 saturated heterocycles. The van der Waals surface area contributed by atoms with E-state index < -0.39 is 6.04 Å². The van der Waals surface area contributed by atoms with E-state index in [1.165, 1.54) is 0 Å². The van der Waals surface area contributed by atoms with E-state index in [9.17, 15) is 4.79 Å². The molecule has 1 fully saturated rings. The molecule has 2 rings (SSSR count). The Morgan fingerprint density at radius 3 is 3.06 bits per heavy atom. The summed E-state index contributed by atoms with van der Waals surface area (Å²) in [5.41, 5.74) is 6.94. The van der Waals surface area contributed by atoms with Crippen molar-refractivity contribution in [2.75, 3.05) is 18.2 Å². The van der Waals surface area contributed by atoms with Gasteiger partial charge in [0, 0.05) is 17.3 Å². The number of benzene rings is 1. The van der Waals surface area contributed by atoms with Crippen molar-refractivity contribution < 1.29 is 4.79 Å². The largest absolute Gasteiger partial charge is 0.331 e. The minimum atomic E-state index is -0.466. The Kier molecular flexibility index (Phi) is 4.31. The van der Waals surface area contributed by atoms with Crippen molar-refractivity contribution in [2.24, 2.45) is 5.73 Å². The molecule has 1 heterocycles. The maximum atomic E-state index is 12.0. The molecule has 3 nitrogen and oxygen atoms in total. The van der Waals surface area contributed by atoms with Gasteiger partial charge in [-0.1, -0.05) is 23.7 Å². The number of hydrogen-bond acceptors (Lipinski definition) is 3. The first kappa shape index (κ1) is 12.7. The second kappa shape index (κ2) is 5.76. The Morgan fingerprint density at radius 1 is 1.59 bits per heavy atom. The van der Waals surface area contributed by atoms with Gasteiger partial charge in [0.1, 0.15) is 0 Å². The number of rotatable bonds is 3. The van der Waals surface area contributed by atoms with Gasteiger partial charge in [0.25, 0.3) is 0 Å². The van der Waals surface area contributed by atoms with Gasteiger partial charge >= 0.3 is 0 Å². The molecule has 17 heavy (non-hydrogen) atoms. The number of carbonyl (C=O) groups excluding carboxylic acids is 1. The molecule has 1 amide bonds. The van der Waals surface area contributed by atoms with Crippen molar-refractivity contribution in [3.8, 4) is 0 Å². The third-order valence-corrected chi connectivity index (χ3v) is 3.93. The van der Waals surface area contributed by atoms with Gasteiger partial charge in [-0.3, -0.25) is 4.79 Å². The highest BCUT2D eigenvalue weighted by Gasteiger charge is 2.23. The lowest BCUT2D eigenvalue weighted by atomic mass is 10.1. The number of hydrogen-bond donors (Lipinski definition) is 1. The molecule has 0 spiro atoms. The SMILES string of the molecule is NC(Cc1cccc(Cl)c1)C(=O)N1CCSC1. The fraction of sp³-hybridized carbons (Fsp3) is 0.417. The van der Waals surface area contributed by atoms with Crippen LogP contribution in [0.25, 0.3) is 0 Å². The smallest absolute Gasteiger partial charge is 0.240 e. The number of nitrogens with two attached hydrogens (primary N) is 1. The van der Waals surface area contributed by atoms with Crippen LogP contribution in [0.15, 0.2) is 24.3 Å². The molecule has 2 N–H and O–H groups in total. The molecular formula is C12H15ClN2OS. The van der Waals surface area contributed by atoms with Crippen LogP contribution in [0.1, 0.15) is 5.56 Å². The molecule has 1 aromatic carbocycles. The fourth-order valence-electron chi connectivity index (χ4n) is 1.83. The van der Waals surface area contributed by atoms with Gasteiger partial charge in [-0.2, -0.15) is 0 Å². The van der Waals surface area contributed by atoms with Crippen molar-refractivity contribution in [1.82, 2.24) is 4.90 Å². The Morgan fingerprint density at radius 2 is 2.41 bits per heavy atom. The maximum absolute atomic E-state index is 12.0. The van der Waals surface area contributed by atoms with Crippen molar-refractivity contribution in [1.29, 1.82) is 0 Å². The van der Waals surface area contributed by atoms with Crippen molar-refractivity contribution in [3.63, 3.8) is 0 Å². The Bertz CT molecular complexity index is 407. The van der Waals surface area contributed by atoms with Crippen LogP contribution in [-0.4, -0.2) is 35.0 Å². The van der Waals surface area contributed by atoms with Gasteiger partial charge in [-0.15, -0.1) is 11.8 Å². The molecule has 1 aliphatic rings. The minimum absolute atomic E-state index is 0.0370. The van der Waals surface area contributed by atoms with Crippen LogP contribution in [0.5, 0.6) is 0 Å². The second-order valence-corrected chi connectivity index (χ2v) is 5.59. The first-order valence-corrected chi connectivity index (χ1v) is 7.06. The summed E-state index contributed by atoms with van der Waals surface area (Å²) < 4.78 is 0. The van der Waals surface area contributed by atoms with E-state index in [4.69, 9.17) is 17.3 Å². The molecule has 5 heteroatoms. The summed E-state index contributed by atoms with van der Waals surface area (Å²) in [5.74, 6) is 1.81. The Hall–Kier alpha value is -0.710. The van der Waals surface area contributed by atoms with E-state index in [-0.39, 0.29) is 5.91 Å². The van der Waals surface area contributed by atoms with Crippen LogP contribution >= 0.6 is 23.4 Å². The predicted molar refractivity (Wildman–Crippen MR) is 72.2 cm³/mol. The standard InChI is InChI=1S/C12H15ClN2OS/c13-10-3-1-2-9(6-10)7-11(14)12(16)15-4-5-17-8-15/h1-3,6,11H,4-5,7-8,14H2. The topological polar surface area (TPSA) is 46.3 Å². The van der Waals surface area contributed by atoms with Crippen LogP contribution in [0.2, 0.25) is 5.02 Å². The summed E-state index contributed by atoms with van der Waals surface area (Å²) in [7, 11) is 0. The first-order chi connectivity index (χ1) is 8.16. The molecule has 1 atom stereocenters. The van der Waals surface area contributed by atoms with Gasteiger partial charge < -0.3 is 10.6 Å². The van der Waals surface area contributed by atoms with Gasteiger partial charge in [0.05, 0.1) is 11.9 Å². The minimum Gasteiger partial charge on any atom is -0.331 e. The molecule has 0 saturated carbocycles. The lowest BCUT2D eigenvalue weighted by Gasteiger charge is -2.19. The van der Waals surface area contributed by atoms with Crippen LogP contribution in [-0.2, 0) is 11.2 Å². The molecule has 1 unspecified atom stereocenters. The van der Waals surface area contributed by atoms with E-state index in [0.29, 0.717) is 11.4 Å². The maximum Gasteiger partial charge on any atom is 0.240 e. The van der Waals surface area contributed by atoms with E-state index in [1.807, 2.05) is 29.2 Å². The zero-order chi connectivity index (χ0) is 12.3. The monoisotopic (exact) mass is 270 g/mol. The summed E-state index contributed by atoms with van der Waals surface area (Å²) in [4.78, 5) is 13.8. The average molecular weight is 271 g/mol. The van der Waals surface area contributed by atoms with E-state index in [0.717, 1.165) is 23.7 Å². The lowest BCUT2D eigenvalue weighted by molar-refractivity contribution is -0.131. The van der Waals surface area contributed by atoms with Crippen molar-refractivity contribution >= 4 is 29.3 Å². The van der Waals surface area contributed by atoms with Crippen LogP contribution in [0.4, 0.5) is 0 Å². The number of amides is 1. The summed E-state index contributed by atoms with van der Waals surface area (Å²) >= 11 is 7.66. The molecule has 0 radical (unpaired) electrons. The number of halogens is 1. The van der Waals surface area contributed by atoms with E-state index in [1.54, 1.807) is 11.8 Å². The lowest BCUT2D eigenvalue weighted by Crippen LogP contribution is -2.43. The van der Waals surface area contributed by atoms with Gasteiger partial charge in [0.15, 0.2) is 0 Å². The zero-order valence-electron chi connectivity index (χ0n) is 9.43. The second-order valence-electron chi connectivity index (χ2n) is 4.08. The van der Waals surface area contributed by atoms with E-state index in [2.05, 4.69) is 0 Å². The Labute approximate surface area is 110 Å². The average Bonchev–Trinajstić information content (AvgIpc) is 2.81. The summed E-state index contributed by atoms with van der Waals surface area (Å²) in [6.45, 7) is 0.812. The number of nitrogens with zero attached hydrogens (tertiary/aromatic N) is 1. The third kappa shape index (κ3) is 3.37. The molecule has 0 aromatic heterocycles. The summed E-state index contributed by atoms with van der Waals surface area (Å²) in [6.07, 6.45) is 0.542. The van der Waals surface area contributed by atoms with Gasteiger partial charge in [-0.25, -0.2) is 0 Å². The summed E-state index contributed by atoms with van der Waals surface area (Å²) in [5, 5.41) is 0.680. The molecule has 0 bridgehead atoms. The van der Waals surface area contributed by atoms with Crippen LogP contribution in [0.3, 0.4) is 0 Å². The highest BCUT2D eigenvalue weighted by molar-refractivity contribution is 7.99. The zero-order valence-corrected chi connectivity index (χ0v) is 11.0. The summed E-state index contributed by atoms with van der Waals surface area (Å²) in [6, 6.07) is 7.02.